The van der Waals surface area contributed by atoms with E-state index in [-0.39, 0.29) is 0 Å². The monoisotopic (exact) mass is 586 g/mol. The van der Waals surface area contributed by atoms with Gasteiger partial charge in [-0.3, -0.25) is 0 Å². The molecule has 0 amide bonds. The fourth-order valence-corrected chi connectivity index (χ4v) is 5.65. The molecule has 0 aliphatic carbocycles. The van der Waals surface area contributed by atoms with Gasteiger partial charge in [0.2, 0.25) is 0 Å². The van der Waals surface area contributed by atoms with Gasteiger partial charge in [0.15, 0.2) is 5.82 Å². The van der Waals surface area contributed by atoms with E-state index in [1.807, 2.05) is 59.1 Å². The van der Waals surface area contributed by atoms with Crippen LogP contribution in [0.1, 0.15) is 29.9 Å². The molecule has 1 aliphatic heterocycles. The quantitative estimate of drug-likeness (QED) is 0.203. The van der Waals surface area contributed by atoms with Gasteiger partial charge in [-0.05, 0) is 73.4 Å². The molecule has 0 spiro atoms. The van der Waals surface area contributed by atoms with Crippen LogP contribution in [0.15, 0.2) is 83.3 Å². The van der Waals surface area contributed by atoms with E-state index >= 15 is 0 Å². The number of hydrogen-bond acceptors (Lipinski definition) is 4. The van der Waals surface area contributed by atoms with Crippen molar-refractivity contribution in [1.29, 1.82) is 0 Å². The second-order valence-corrected chi connectivity index (χ2v) is 10.6. The van der Waals surface area contributed by atoms with Gasteiger partial charge in [-0.25, -0.2) is 4.52 Å². The number of benzene rings is 3. The van der Waals surface area contributed by atoms with E-state index in [2.05, 4.69) is 50.1 Å². The number of methoxy groups -OCH3 is 1. The minimum absolute atomic E-state index is 0.377. The zero-order valence-corrected chi connectivity index (χ0v) is 23.4. The van der Waals surface area contributed by atoms with Crippen LogP contribution in [-0.2, 0) is 19.6 Å². The summed E-state index contributed by atoms with van der Waals surface area (Å²) in [4.78, 5) is 0.626. The Labute approximate surface area is 235 Å². The Bertz CT molecular complexity index is 1590. The molecular weight excluding hydrogens is 560 g/mol. The molecule has 6 nitrogen and oxygen atoms in total. The molecule has 8 heteroatoms. The molecule has 0 saturated carbocycles. The molecule has 0 saturated heterocycles. The van der Waals surface area contributed by atoms with Crippen molar-refractivity contribution in [2.75, 3.05) is 12.4 Å². The van der Waals surface area contributed by atoms with Crippen molar-refractivity contribution in [3.8, 4) is 22.6 Å². The topological polar surface area (TPSA) is 52.7 Å². The van der Waals surface area contributed by atoms with Gasteiger partial charge in [0, 0.05) is 27.8 Å². The summed E-state index contributed by atoms with van der Waals surface area (Å²) in [6.45, 7) is 1.27. The second kappa shape index (κ2) is 10.6. The summed E-state index contributed by atoms with van der Waals surface area (Å²) in [6, 6.07) is 26.2. The fourth-order valence-electron chi connectivity index (χ4n) is 5.08. The highest BCUT2D eigenvalue weighted by Gasteiger charge is 2.29. The van der Waals surface area contributed by atoms with Crippen molar-refractivity contribution in [2.24, 2.45) is 0 Å². The van der Waals surface area contributed by atoms with Crippen LogP contribution >= 0.6 is 28.1 Å². The summed E-state index contributed by atoms with van der Waals surface area (Å²) in [5.74, 6) is 2.50. The van der Waals surface area contributed by atoms with Gasteiger partial charge >= 0.3 is 0 Å². The van der Waals surface area contributed by atoms with Gasteiger partial charge in [0.1, 0.15) is 34.4 Å². The Morgan fingerprint density at radius 2 is 1.71 bits per heavy atom. The number of aryl methyl sites for hydroxylation is 2. The predicted octanol–water partition coefficient (Wildman–Crippen LogP) is 7.28. The van der Waals surface area contributed by atoms with Crippen LogP contribution in [0, 0.1) is 0 Å². The molecule has 5 aromatic rings. The average molecular weight is 588 g/mol. The Morgan fingerprint density at radius 3 is 2.45 bits per heavy atom. The van der Waals surface area contributed by atoms with Crippen molar-refractivity contribution in [3.63, 3.8) is 0 Å². The Morgan fingerprint density at radius 1 is 0.974 bits per heavy atom. The molecule has 1 aliphatic rings. The maximum atomic E-state index is 6.15. The number of thiocarbonyl (C=S) groups is 1. The van der Waals surface area contributed by atoms with Gasteiger partial charge in [0.05, 0.1) is 7.11 Å². The number of rotatable bonds is 7. The number of nitrogens with zero attached hydrogens (tertiary/aromatic N) is 3. The van der Waals surface area contributed by atoms with Crippen molar-refractivity contribution in [3.05, 3.63) is 100 Å². The molecule has 1 N–H and O–H groups in total. The minimum atomic E-state index is 0.377. The van der Waals surface area contributed by atoms with Crippen LogP contribution < -0.4 is 14.8 Å². The van der Waals surface area contributed by atoms with Gasteiger partial charge in [-0.2, -0.15) is 0 Å². The SMILES string of the molecule is COc1ccc(NC(=S)c2c(-c3ccccc3)c3c4n(c(COc5ccc(Br)cc5)nn24)CCCC3)cc1. The Balaban J connectivity index is 1.45. The van der Waals surface area contributed by atoms with Crippen LogP contribution in [0.3, 0.4) is 0 Å². The molecular formula is C30H27BrN4O2S. The lowest BCUT2D eigenvalue weighted by molar-refractivity contribution is 0.288. The first-order valence-electron chi connectivity index (χ1n) is 12.6. The van der Waals surface area contributed by atoms with E-state index in [0.717, 1.165) is 75.8 Å². The van der Waals surface area contributed by atoms with Crippen LogP contribution in [0.2, 0.25) is 0 Å². The van der Waals surface area contributed by atoms with E-state index in [1.165, 1.54) is 5.56 Å². The first kappa shape index (κ1) is 24.7. The summed E-state index contributed by atoms with van der Waals surface area (Å²) in [5.41, 5.74) is 6.47. The van der Waals surface area contributed by atoms with Crippen molar-refractivity contribution in [1.82, 2.24) is 14.2 Å². The maximum Gasteiger partial charge on any atom is 0.169 e. The maximum absolute atomic E-state index is 6.15. The number of halogens is 1. The zero-order chi connectivity index (χ0) is 26.1. The number of nitrogens with one attached hydrogen (secondary N) is 1. The fraction of sp³-hybridized carbons (Fsp3) is 0.200. The average Bonchev–Trinajstić information content (AvgIpc) is 3.35. The molecule has 38 heavy (non-hydrogen) atoms. The third kappa shape index (κ3) is 4.70. The lowest BCUT2D eigenvalue weighted by Gasteiger charge is -2.12. The van der Waals surface area contributed by atoms with E-state index < -0.39 is 0 Å². The lowest BCUT2D eigenvalue weighted by atomic mass is 9.98. The van der Waals surface area contributed by atoms with Gasteiger partial charge in [-0.1, -0.05) is 58.5 Å². The molecule has 6 rings (SSSR count). The van der Waals surface area contributed by atoms with E-state index in [1.54, 1.807) is 7.11 Å². The first-order chi connectivity index (χ1) is 18.6. The van der Waals surface area contributed by atoms with Crippen LogP contribution in [0.25, 0.3) is 16.8 Å². The lowest BCUT2D eigenvalue weighted by Crippen LogP contribution is -2.15. The normalized spacial score (nSPS) is 12.8. The molecule has 192 valence electrons. The predicted molar refractivity (Wildman–Crippen MR) is 158 cm³/mol. The molecule has 3 heterocycles. The highest BCUT2D eigenvalue weighted by Crippen LogP contribution is 2.37. The molecule has 0 unspecified atom stereocenters. The zero-order valence-electron chi connectivity index (χ0n) is 21.0. The Hall–Kier alpha value is -3.62. The van der Waals surface area contributed by atoms with Crippen LogP contribution in [0.5, 0.6) is 11.5 Å². The van der Waals surface area contributed by atoms with Gasteiger partial charge in [-0.15, -0.1) is 5.10 Å². The van der Waals surface area contributed by atoms with E-state index in [0.29, 0.717) is 11.6 Å². The third-order valence-electron chi connectivity index (χ3n) is 6.87. The second-order valence-electron chi connectivity index (χ2n) is 9.25. The Kier molecular flexibility index (Phi) is 6.91. The molecule has 3 aromatic carbocycles. The molecule has 0 atom stereocenters. The smallest absolute Gasteiger partial charge is 0.169 e. The molecule has 2 aromatic heterocycles. The molecule has 0 bridgehead atoms. The van der Waals surface area contributed by atoms with Gasteiger partial charge in [0.25, 0.3) is 0 Å². The number of anilines is 1. The van der Waals surface area contributed by atoms with Crippen molar-refractivity contribution in [2.45, 2.75) is 32.4 Å². The highest BCUT2D eigenvalue weighted by molar-refractivity contribution is 9.10. The van der Waals surface area contributed by atoms with Crippen LogP contribution in [0.4, 0.5) is 5.69 Å². The number of ether oxygens (including phenoxy) is 2. The molecule has 0 fully saturated rings. The minimum Gasteiger partial charge on any atom is -0.497 e. The van der Waals surface area contributed by atoms with E-state index in [9.17, 15) is 0 Å². The highest BCUT2D eigenvalue weighted by atomic mass is 79.9. The third-order valence-corrected chi connectivity index (χ3v) is 7.69. The standard InChI is InChI=1S/C30H27BrN4O2S/c1-36-23-16-12-22(13-17-23)32-29(38)28-27(20-7-3-2-4-8-20)25-9-5-6-18-34-26(33-35(28)30(25)34)19-37-24-14-10-21(31)11-15-24/h2-4,7-8,10-17H,5-6,9,18-19H2,1H3,(H,32,38). The molecule has 0 radical (unpaired) electrons. The first-order valence-corrected chi connectivity index (χ1v) is 13.8. The summed E-state index contributed by atoms with van der Waals surface area (Å²) in [6.07, 6.45) is 3.16. The van der Waals surface area contributed by atoms with Gasteiger partial charge < -0.3 is 19.4 Å². The van der Waals surface area contributed by atoms with E-state index in [4.69, 9.17) is 26.8 Å². The summed E-state index contributed by atoms with van der Waals surface area (Å²) < 4.78 is 16.8. The summed E-state index contributed by atoms with van der Waals surface area (Å²) in [7, 11) is 1.66. The summed E-state index contributed by atoms with van der Waals surface area (Å²) in [5, 5.41) is 8.54. The number of hydrogen-bond donors (Lipinski definition) is 1. The van der Waals surface area contributed by atoms with Crippen molar-refractivity contribution >= 4 is 44.5 Å². The number of aromatic nitrogens is 3. The van der Waals surface area contributed by atoms with Crippen LogP contribution in [-0.4, -0.2) is 26.3 Å². The summed E-state index contributed by atoms with van der Waals surface area (Å²) >= 11 is 9.54. The van der Waals surface area contributed by atoms with Crippen molar-refractivity contribution < 1.29 is 9.47 Å². The largest absolute Gasteiger partial charge is 0.497 e.